The number of carbonyl (C=O) groups excluding carboxylic acids is 1. The molecule has 1 heterocycles. The van der Waals surface area contributed by atoms with Gasteiger partial charge in [-0.1, -0.05) is 12.1 Å². The van der Waals surface area contributed by atoms with Crippen molar-refractivity contribution in [3.05, 3.63) is 29.8 Å². The van der Waals surface area contributed by atoms with Gasteiger partial charge in [-0.05, 0) is 30.5 Å². The van der Waals surface area contributed by atoms with Crippen molar-refractivity contribution < 1.29 is 23.1 Å². The monoisotopic (exact) mass is 338 g/mol. The first-order valence-corrected chi connectivity index (χ1v) is 9.09. The van der Waals surface area contributed by atoms with Crippen molar-refractivity contribution in [1.82, 2.24) is 5.32 Å². The minimum absolute atomic E-state index is 0.159. The van der Waals surface area contributed by atoms with Crippen LogP contribution in [0.4, 0.5) is 5.69 Å². The average molecular weight is 338 g/mol. The van der Waals surface area contributed by atoms with Gasteiger partial charge in [-0.25, -0.2) is 8.42 Å². The van der Waals surface area contributed by atoms with Gasteiger partial charge in [0.2, 0.25) is 15.9 Å². The number of nitrogens with zero attached hydrogens (tertiary/aromatic N) is 1. The first kappa shape index (κ1) is 15.8. The van der Waals surface area contributed by atoms with Crippen LogP contribution in [0, 0.1) is 11.8 Å². The lowest BCUT2D eigenvalue weighted by Gasteiger charge is -2.17. The van der Waals surface area contributed by atoms with Gasteiger partial charge in [0.15, 0.2) is 0 Å². The van der Waals surface area contributed by atoms with Crippen LogP contribution in [0.5, 0.6) is 0 Å². The van der Waals surface area contributed by atoms with Crippen molar-refractivity contribution >= 4 is 27.6 Å². The van der Waals surface area contributed by atoms with Crippen molar-refractivity contribution in [2.45, 2.75) is 19.4 Å². The Morgan fingerprint density at radius 2 is 2.09 bits per heavy atom. The molecule has 8 heteroatoms. The number of hydrogen-bond acceptors (Lipinski definition) is 4. The minimum Gasteiger partial charge on any atom is -0.481 e. The number of carboxylic acid groups (broad SMARTS) is 1. The topological polar surface area (TPSA) is 104 Å². The first-order valence-electron chi connectivity index (χ1n) is 7.48. The molecule has 1 aliphatic carbocycles. The van der Waals surface area contributed by atoms with Crippen LogP contribution < -0.4 is 9.62 Å². The average Bonchev–Trinajstić information content (AvgIpc) is 3.23. The summed E-state index contributed by atoms with van der Waals surface area (Å²) in [6.07, 6.45) is 0.995. The van der Waals surface area contributed by atoms with Gasteiger partial charge in [-0.3, -0.25) is 13.9 Å². The van der Waals surface area contributed by atoms with E-state index in [1.807, 2.05) is 0 Å². The van der Waals surface area contributed by atoms with E-state index in [0.29, 0.717) is 25.1 Å². The van der Waals surface area contributed by atoms with Crippen molar-refractivity contribution in [2.75, 3.05) is 16.6 Å². The highest BCUT2D eigenvalue weighted by molar-refractivity contribution is 7.93. The highest BCUT2D eigenvalue weighted by atomic mass is 32.2. The molecule has 1 aliphatic heterocycles. The summed E-state index contributed by atoms with van der Waals surface area (Å²) in [6.45, 7) is 0.726. The standard InChI is InChI=1S/C15H18N2O5S/c18-14(12-8-13(12)15(19)20)16-9-10-3-1-4-11(7-10)17-5-2-6-23(17,21)22/h1,3-4,7,12-13H,2,5-6,8-9H2,(H,16,18)(H,19,20)/t12-,13+/m0/s1. The number of anilines is 1. The summed E-state index contributed by atoms with van der Waals surface area (Å²) in [5.41, 5.74) is 1.38. The predicted molar refractivity (Wildman–Crippen MR) is 83.3 cm³/mol. The SMILES string of the molecule is O=C(NCc1cccc(N2CCCS2(=O)=O)c1)[C@H]1C[C@H]1C(=O)O. The van der Waals surface area contributed by atoms with Crippen LogP contribution >= 0.6 is 0 Å². The maximum Gasteiger partial charge on any atom is 0.307 e. The summed E-state index contributed by atoms with van der Waals surface area (Å²) in [5.74, 6) is -2.07. The molecule has 0 radical (unpaired) electrons. The van der Waals surface area contributed by atoms with E-state index in [4.69, 9.17) is 5.11 Å². The number of sulfonamides is 1. The fourth-order valence-electron chi connectivity index (χ4n) is 2.83. The molecule has 0 bridgehead atoms. The number of rotatable bonds is 5. The van der Waals surface area contributed by atoms with Gasteiger partial charge in [-0.2, -0.15) is 0 Å². The molecule has 1 saturated heterocycles. The van der Waals surface area contributed by atoms with E-state index in [-0.39, 0.29) is 18.2 Å². The van der Waals surface area contributed by atoms with Crippen LogP contribution in [0.25, 0.3) is 0 Å². The van der Waals surface area contributed by atoms with Gasteiger partial charge < -0.3 is 10.4 Å². The van der Waals surface area contributed by atoms with Gasteiger partial charge >= 0.3 is 5.97 Å². The van der Waals surface area contributed by atoms with Crippen LogP contribution in [-0.2, 0) is 26.2 Å². The molecule has 2 N–H and O–H groups in total. The van der Waals surface area contributed by atoms with Crippen molar-refractivity contribution in [1.29, 1.82) is 0 Å². The zero-order chi connectivity index (χ0) is 16.6. The lowest BCUT2D eigenvalue weighted by molar-refractivity contribution is -0.140. The summed E-state index contributed by atoms with van der Waals surface area (Å²) in [5, 5.41) is 11.5. The van der Waals surface area contributed by atoms with Crippen molar-refractivity contribution in [3.63, 3.8) is 0 Å². The third-order valence-corrected chi connectivity index (χ3v) is 6.08. The summed E-state index contributed by atoms with van der Waals surface area (Å²) >= 11 is 0. The van der Waals surface area contributed by atoms with Crippen LogP contribution in [0.2, 0.25) is 0 Å². The molecule has 0 aromatic heterocycles. The highest BCUT2D eigenvalue weighted by Crippen LogP contribution is 2.38. The third kappa shape index (κ3) is 3.31. The summed E-state index contributed by atoms with van der Waals surface area (Å²) < 4.78 is 25.3. The number of benzene rings is 1. The van der Waals surface area contributed by atoms with Crippen LogP contribution in [0.1, 0.15) is 18.4 Å². The van der Waals surface area contributed by atoms with E-state index < -0.39 is 27.8 Å². The maximum absolute atomic E-state index is 11.9. The molecule has 124 valence electrons. The van der Waals surface area contributed by atoms with Crippen LogP contribution in [-0.4, -0.2) is 37.7 Å². The number of aliphatic carboxylic acids is 1. The Kier molecular flexibility index (Phi) is 4.01. The molecule has 1 aromatic rings. The second-order valence-electron chi connectivity index (χ2n) is 5.92. The van der Waals surface area contributed by atoms with E-state index in [9.17, 15) is 18.0 Å². The Labute approximate surface area is 134 Å². The Morgan fingerprint density at radius 1 is 1.30 bits per heavy atom. The van der Waals surface area contributed by atoms with E-state index in [1.165, 1.54) is 4.31 Å². The van der Waals surface area contributed by atoms with Gasteiger partial charge in [0, 0.05) is 13.1 Å². The van der Waals surface area contributed by atoms with Crippen LogP contribution in [0.3, 0.4) is 0 Å². The number of carbonyl (C=O) groups is 2. The Morgan fingerprint density at radius 3 is 2.70 bits per heavy atom. The summed E-state index contributed by atoms with van der Waals surface area (Å²) in [7, 11) is -3.23. The van der Waals surface area contributed by atoms with Crippen molar-refractivity contribution in [2.24, 2.45) is 11.8 Å². The quantitative estimate of drug-likeness (QED) is 0.816. The molecule has 1 aromatic carbocycles. The second kappa shape index (κ2) is 5.84. The molecule has 2 aliphatic rings. The molecular formula is C15H18N2O5S. The molecule has 3 rings (SSSR count). The molecule has 1 amide bonds. The lowest BCUT2D eigenvalue weighted by atomic mass is 10.2. The lowest BCUT2D eigenvalue weighted by Crippen LogP contribution is -2.27. The number of nitrogens with one attached hydrogen (secondary N) is 1. The zero-order valence-corrected chi connectivity index (χ0v) is 13.3. The van der Waals surface area contributed by atoms with Gasteiger partial charge in [-0.15, -0.1) is 0 Å². The van der Waals surface area contributed by atoms with E-state index in [0.717, 1.165) is 5.56 Å². The predicted octanol–water partition coefficient (Wildman–Crippen LogP) is 0.563. The molecule has 0 spiro atoms. The Bertz CT molecular complexity index is 746. The van der Waals surface area contributed by atoms with E-state index >= 15 is 0 Å². The molecule has 1 saturated carbocycles. The van der Waals surface area contributed by atoms with E-state index in [1.54, 1.807) is 24.3 Å². The molecule has 0 unspecified atom stereocenters. The summed E-state index contributed by atoms with van der Waals surface area (Å²) in [6, 6.07) is 7.02. The zero-order valence-electron chi connectivity index (χ0n) is 12.4. The molecular weight excluding hydrogens is 320 g/mol. The molecule has 7 nitrogen and oxygen atoms in total. The fraction of sp³-hybridized carbons (Fsp3) is 0.467. The van der Waals surface area contributed by atoms with E-state index in [2.05, 4.69) is 5.32 Å². The third-order valence-electron chi connectivity index (χ3n) is 4.21. The van der Waals surface area contributed by atoms with Crippen LogP contribution in [0.15, 0.2) is 24.3 Å². The van der Waals surface area contributed by atoms with Gasteiger partial charge in [0.05, 0.1) is 23.3 Å². The molecule has 23 heavy (non-hydrogen) atoms. The smallest absolute Gasteiger partial charge is 0.307 e. The maximum atomic E-state index is 11.9. The Hall–Kier alpha value is -2.09. The highest BCUT2D eigenvalue weighted by Gasteiger charge is 2.48. The molecule has 2 atom stereocenters. The van der Waals surface area contributed by atoms with Crippen molar-refractivity contribution in [3.8, 4) is 0 Å². The minimum atomic E-state index is -3.23. The fourth-order valence-corrected chi connectivity index (χ4v) is 4.39. The first-order chi connectivity index (χ1) is 10.9. The van der Waals surface area contributed by atoms with Gasteiger partial charge in [0.25, 0.3) is 0 Å². The summed E-state index contributed by atoms with van der Waals surface area (Å²) in [4.78, 5) is 22.6. The number of hydrogen-bond donors (Lipinski definition) is 2. The number of carboxylic acids is 1. The van der Waals surface area contributed by atoms with Gasteiger partial charge in [0.1, 0.15) is 0 Å². The Balaban J connectivity index is 1.62. The normalized spacial score (nSPS) is 25.1. The largest absolute Gasteiger partial charge is 0.481 e. The second-order valence-corrected chi connectivity index (χ2v) is 7.93. The number of amides is 1. The molecule has 2 fully saturated rings.